The summed E-state index contributed by atoms with van der Waals surface area (Å²) in [7, 11) is 0. The predicted octanol–water partition coefficient (Wildman–Crippen LogP) is 3.30. The molecular formula is C14H14BrN3O. The molecule has 1 heterocycles. The first kappa shape index (κ1) is 13.5. The van der Waals surface area contributed by atoms with Crippen LogP contribution in [0.25, 0.3) is 0 Å². The second-order valence-corrected chi connectivity index (χ2v) is 5.26. The summed E-state index contributed by atoms with van der Waals surface area (Å²) in [6.45, 7) is 3.75. The molecule has 1 aromatic heterocycles. The fourth-order valence-electron chi connectivity index (χ4n) is 1.74. The highest BCUT2D eigenvalue weighted by molar-refractivity contribution is 9.10. The number of nitrogens with one attached hydrogen (secondary N) is 1. The molecule has 1 amide bonds. The number of nitrogens with zero attached hydrogens (tertiary/aromatic N) is 1. The number of benzene rings is 1. The number of rotatable bonds is 2. The van der Waals surface area contributed by atoms with Crippen LogP contribution in [0.3, 0.4) is 0 Å². The third-order valence-electron chi connectivity index (χ3n) is 2.78. The quantitative estimate of drug-likeness (QED) is 0.892. The number of anilines is 2. The maximum absolute atomic E-state index is 12.2. The van der Waals surface area contributed by atoms with Crippen molar-refractivity contribution in [3.05, 3.63) is 51.6 Å². The lowest BCUT2D eigenvalue weighted by molar-refractivity contribution is 0.102. The molecule has 0 aliphatic carbocycles. The smallest absolute Gasteiger partial charge is 0.257 e. The van der Waals surface area contributed by atoms with E-state index < -0.39 is 0 Å². The minimum absolute atomic E-state index is 0.181. The lowest BCUT2D eigenvalue weighted by Gasteiger charge is -2.10. The van der Waals surface area contributed by atoms with Crippen LogP contribution in [-0.4, -0.2) is 10.9 Å². The average molecular weight is 320 g/mol. The van der Waals surface area contributed by atoms with Crippen LogP contribution < -0.4 is 11.1 Å². The van der Waals surface area contributed by atoms with Crippen LogP contribution in [0.4, 0.5) is 11.5 Å². The Hall–Kier alpha value is -1.88. The fourth-order valence-corrected chi connectivity index (χ4v) is 2.10. The second kappa shape index (κ2) is 5.40. The minimum atomic E-state index is -0.181. The van der Waals surface area contributed by atoms with Gasteiger partial charge in [-0.2, -0.15) is 0 Å². The SMILES string of the molecule is Cc1ccc(Br)cc1C(=O)Nc1ncc(N)cc1C. The molecule has 3 N–H and O–H groups in total. The number of aryl methyl sites for hydroxylation is 2. The van der Waals surface area contributed by atoms with Crippen LogP contribution >= 0.6 is 15.9 Å². The van der Waals surface area contributed by atoms with E-state index in [-0.39, 0.29) is 5.91 Å². The van der Waals surface area contributed by atoms with E-state index in [1.54, 1.807) is 12.1 Å². The van der Waals surface area contributed by atoms with Gasteiger partial charge in [0, 0.05) is 10.0 Å². The Balaban J connectivity index is 2.28. The number of hydrogen-bond donors (Lipinski definition) is 2. The van der Waals surface area contributed by atoms with E-state index in [0.29, 0.717) is 17.1 Å². The molecule has 0 aliphatic heterocycles. The Morgan fingerprint density at radius 1 is 1.26 bits per heavy atom. The predicted molar refractivity (Wildman–Crippen MR) is 80.2 cm³/mol. The molecule has 0 spiro atoms. The van der Waals surface area contributed by atoms with Crippen molar-refractivity contribution < 1.29 is 4.79 Å². The summed E-state index contributed by atoms with van der Waals surface area (Å²) in [6.07, 6.45) is 1.52. The largest absolute Gasteiger partial charge is 0.397 e. The average Bonchev–Trinajstić information content (AvgIpc) is 2.35. The van der Waals surface area contributed by atoms with Gasteiger partial charge in [-0.3, -0.25) is 4.79 Å². The van der Waals surface area contributed by atoms with Gasteiger partial charge in [-0.05, 0) is 43.2 Å². The summed E-state index contributed by atoms with van der Waals surface area (Å²) in [5.74, 6) is 0.345. The normalized spacial score (nSPS) is 10.3. The maximum atomic E-state index is 12.2. The second-order valence-electron chi connectivity index (χ2n) is 4.35. The van der Waals surface area contributed by atoms with E-state index in [1.165, 1.54) is 6.20 Å². The van der Waals surface area contributed by atoms with Crippen molar-refractivity contribution >= 4 is 33.3 Å². The van der Waals surface area contributed by atoms with Crippen LogP contribution in [0.2, 0.25) is 0 Å². The molecule has 0 radical (unpaired) electrons. The molecule has 1 aromatic carbocycles. The van der Waals surface area contributed by atoms with Gasteiger partial charge in [0.15, 0.2) is 0 Å². The topological polar surface area (TPSA) is 68.0 Å². The van der Waals surface area contributed by atoms with Gasteiger partial charge in [0.25, 0.3) is 5.91 Å². The summed E-state index contributed by atoms with van der Waals surface area (Å²) in [6, 6.07) is 7.36. The van der Waals surface area contributed by atoms with E-state index in [9.17, 15) is 4.79 Å². The van der Waals surface area contributed by atoms with E-state index >= 15 is 0 Å². The molecule has 0 fully saturated rings. The zero-order valence-electron chi connectivity index (χ0n) is 10.7. The van der Waals surface area contributed by atoms with Gasteiger partial charge < -0.3 is 11.1 Å². The first-order valence-electron chi connectivity index (χ1n) is 5.77. The van der Waals surface area contributed by atoms with Crippen LogP contribution in [0.1, 0.15) is 21.5 Å². The third kappa shape index (κ3) is 3.12. The Morgan fingerprint density at radius 2 is 2.00 bits per heavy atom. The van der Waals surface area contributed by atoms with Gasteiger partial charge in [0.05, 0.1) is 11.9 Å². The molecule has 0 unspecified atom stereocenters. The molecule has 0 bridgehead atoms. The molecule has 98 valence electrons. The lowest BCUT2D eigenvalue weighted by Crippen LogP contribution is -2.15. The number of halogens is 1. The summed E-state index contributed by atoms with van der Waals surface area (Å²) in [5.41, 5.74) is 8.57. The molecule has 5 heteroatoms. The number of amides is 1. The van der Waals surface area contributed by atoms with Crippen LogP contribution in [0, 0.1) is 13.8 Å². The molecule has 4 nitrogen and oxygen atoms in total. The molecule has 2 aromatic rings. The highest BCUT2D eigenvalue weighted by Gasteiger charge is 2.11. The Morgan fingerprint density at radius 3 is 2.68 bits per heavy atom. The number of nitrogens with two attached hydrogens (primary N) is 1. The maximum Gasteiger partial charge on any atom is 0.257 e. The standard InChI is InChI=1S/C14H14BrN3O/c1-8-3-4-10(15)6-12(8)14(19)18-13-9(2)5-11(16)7-17-13/h3-7H,16H2,1-2H3,(H,17,18,19). The van der Waals surface area contributed by atoms with Crippen molar-refractivity contribution in [1.29, 1.82) is 0 Å². The van der Waals surface area contributed by atoms with Crippen molar-refractivity contribution in [2.24, 2.45) is 0 Å². The number of nitrogen functional groups attached to an aromatic ring is 1. The number of aromatic nitrogens is 1. The monoisotopic (exact) mass is 319 g/mol. The van der Waals surface area contributed by atoms with Crippen LogP contribution in [0.15, 0.2) is 34.9 Å². The Labute approximate surface area is 120 Å². The Kier molecular flexibility index (Phi) is 3.85. The van der Waals surface area contributed by atoms with Gasteiger partial charge in [-0.1, -0.05) is 22.0 Å². The van der Waals surface area contributed by atoms with Crippen molar-refractivity contribution in [3.8, 4) is 0 Å². The van der Waals surface area contributed by atoms with E-state index in [2.05, 4.69) is 26.2 Å². The summed E-state index contributed by atoms with van der Waals surface area (Å²) >= 11 is 3.36. The molecular weight excluding hydrogens is 306 g/mol. The van der Waals surface area contributed by atoms with Crippen molar-refractivity contribution in [2.75, 3.05) is 11.1 Å². The Bertz CT molecular complexity index is 641. The molecule has 0 saturated carbocycles. The highest BCUT2D eigenvalue weighted by atomic mass is 79.9. The van der Waals surface area contributed by atoms with Crippen molar-refractivity contribution in [3.63, 3.8) is 0 Å². The van der Waals surface area contributed by atoms with Gasteiger partial charge in [-0.15, -0.1) is 0 Å². The summed E-state index contributed by atoms with van der Waals surface area (Å²) in [5, 5.41) is 2.80. The van der Waals surface area contributed by atoms with E-state index in [4.69, 9.17) is 5.73 Å². The molecule has 19 heavy (non-hydrogen) atoms. The first-order valence-corrected chi connectivity index (χ1v) is 6.56. The summed E-state index contributed by atoms with van der Waals surface area (Å²) in [4.78, 5) is 16.3. The zero-order chi connectivity index (χ0) is 14.0. The van der Waals surface area contributed by atoms with Gasteiger partial charge in [0.2, 0.25) is 0 Å². The van der Waals surface area contributed by atoms with E-state index in [0.717, 1.165) is 15.6 Å². The lowest BCUT2D eigenvalue weighted by atomic mass is 10.1. The van der Waals surface area contributed by atoms with Gasteiger partial charge in [-0.25, -0.2) is 4.98 Å². The zero-order valence-corrected chi connectivity index (χ0v) is 12.3. The van der Waals surface area contributed by atoms with Gasteiger partial charge in [0.1, 0.15) is 5.82 Å². The van der Waals surface area contributed by atoms with Crippen molar-refractivity contribution in [1.82, 2.24) is 4.98 Å². The third-order valence-corrected chi connectivity index (χ3v) is 3.27. The number of carbonyl (C=O) groups excluding carboxylic acids is 1. The van der Waals surface area contributed by atoms with E-state index in [1.807, 2.05) is 26.0 Å². The molecule has 2 rings (SSSR count). The van der Waals surface area contributed by atoms with Gasteiger partial charge >= 0.3 is 0 Å². The van der Waals surface area contributed by atoms with Crippen LogP contribution in [0.5, 0.6) is 0 Å². The highest BCUT2D eigenvalue weighted by Crippen LogP contribution is 2.19. The minimum Gasteiger partial charge on any atom is -0.397 e. The van der Waals surface area contributed by atoms with Crippen molar-refractivity contribution in [2.45, 2.75) is 13.8 Å². The first-order chi connectivity index (χ1) is 8.97. The molecule has 0 atom stereocenters. The molecule has 0 aliphatic rings. The fraction of sp³-hybridized carbons (Fsp3) is 0.143. The van der Waals surface area contributed by atoms with Crippen LogP contribution in [-0.2, 0) is 0 Å². The number of hydrogen-bond acceptors (Lipinski definition) is 3. The number of carbonyl (C=O) groups is 1. The number of pyridine rings is 1. The summed E-state index contributed by atoms with van der Waals surface area (Å²) < 4.78 is 0.866. The molecule has 0 saturated heterocycles.